The Balaban J connectivity index is 2.15. The Hall–Kier alpha value is -1.89. The maximum Gasteiger partial charge on any atom is 0.310 e. The third kappa shape index (κ3) is 3.60. The van der Waals surface area contributed by atoms with E-state index in [-0.39, 0.29) is 12.1 Å². The molecule has 0 spiro atoms. The minimum atomic E-state index is -1.02. The second-order valence-electron chi connectivity index (χ2n) is 6.19. The van der Waals surface area contributed by atoms with E-state index < -0.39 is 11.4 Å². The molecule has 1 aliphatic rings. The minimum absolute atomic E-state index is 0.0597. The first-order chi connectivity index (χ1) is 9.79. The Morgan fingerprint density at radius 3 is 2.48 bits per heavy atom. The van der Waals surface area contributed by atoms with Crippen LogP contribution < -0.4 is 10.5 Å². The zero-order valence-electron chi connectivity index (χ0n) is 12.7. The van der Waals surface area contributed by atoms with E-state index in [4.69, 9.17) is 5.11 Å². The number of aliphatic carboxylic acids is 1. The predicted molar refractivity (Wildman–Crippen MR) is 79.6 cm³/mol. The highest BCUT2D eigenvalue weighted by atomic mass is 16.4. The number of nitrogens with zero attached hydrogens (tertiary/aromatic N) is 4. The minimum Gasteiger partial charge on any atom is -0.481 e. The van der Waals surface area contributed by atoms with Crippen molar-refractivity contribution in [1.82, 2.24) is 14.7 Å². The van der Waals surface area contributed by atoms with Crippen molar-refractivity contribution in [2.75, 3.05) is 38.1 Å². The molecule has 0 bridgehead atoms. The van der Waals surface area contributed by atoms with E-state index in [1.807, 2.05) is 0 Å². The van der Waals surface area contributed by atoms with E-state index in [1.54, 1.807) is 20.0 Å². The standard InChI is InChI=1S/C14H22N4O3/c1-14(2,13(20)21)10-18-12(19)8-11(9-15-18)17-6-4-16(3)5-7-17/h8-9H,4-7,10H2,1-3H3,(H,20,21). The topological polar surface area (TPSA) is 78.7 Å². The van der Waals surface area contributed by atoms with Gasteiger partial charge in [-0.3, -0.25) is 9.59 Å². The van der Waals surface area contributed by atoms with Crippen molar-refractivity contribution in [1.29, 1.82) is 0 Å². The number of likely N-dealkylation sites (N-methyl/N-ethyl adjacent to an activating group) is 1. The molecule has 116 valence electrons. The lowest BCUT2D eigenvalue weighted by molar-refractivity contribution is -0.147. The van der Waals surface area contributed by atoms with Gasteiger partial charge in [0.15, 0.2) is 0 Å². The molecule has 1 aliphatic heterocycles. The van der Waals surface area contributed by atoms with Gasteiger partial charge in [-0.2, -0.15) is 5.10 Å². The SMILES string of the molecule is CN1CCN(c2cnn(CC(C)(C)C(=O)O)c(=O)c2)CC1. The molecule has 7 nitrogen and oxygen atoms in total. The summed E-state index contributed by atoms with van der Waals surface area (Å²) in [6, 6.07) is 1.54. The number of aromatic nitrogens is 2. The van der Waals surface area contributed by atoms with E-state index >= 15 is 0 Å². The summed E-state index contributed by atoms with van der Waals surface area (Å²) in [5.74, 6) is -0.945. The maximum atomic E-state index is 12.1. The first-order valence-corrected chi connectivity index (χ1v) is 7.04. The lowest BCUT2D eigenvalue weighted by Gasteiger charge is -2.33. The number of carboxylic acids is 1. The number of carboxylic acid groups (broad SMARTS) is 1. The average molecular weight is 294 g/mol. The largest absolute Gasteiger partial charge is 0.481 e. The average Bonchev–Trinajstić information content (AvgIpc) is 2.41. The smallest absolute Gasteiger partial charge is 0.310 e. The number of piperazine rings is 1. The third-order valence-corrected chi connectivity index (χ3v) is 3.85. The van der Waals surface area contributed by atoms with Crippen LogP contribution in [0.3, 0.4) is 0 Å². The van der Waals surface area contributed by atoms with Crippen LogP contribution in [0.4, 0.5) is 5.69 Å². The van der Waals surface area contributed by atoms with E-state index in [1.165, 1.54) is 10.7 Å². The lowest BCUT2D eigenvalue weighted by atomic mass is 9.94. The molecule has 1 saturated heterocycles. The van der Waals surface area contributed by atoms with Crippen LogP contribution in [0.15, 0.2) is 17.1 Å². The van der Waals surface area contributed by atoms with Crippen LogP contribution in [0, 0.1) is 5.41 Å². The van der Waals surface area contributed by atoms with Crippen molar-refractivity contribution in [2.24, 2.45) is 5.41 Å². The number of hydrogen-bond acceptors (Lipinski definition) is 5. The molecule has 0 saturated carbocycles. The fourth-order valence-corrected chi connectivity index (χ4v) is 2.22. The number of anilines is 1. The van der Waals surface area contributed by atoms with Gasteiger partial charge in [-0.15, -0.1) is 0 Å². The first kappa shape index (κ1) is 15.5. The summed E-state index contributed by atoms with van der Waals surface area (Å²) < 4.78 is 1.22. The third-order valence-electron chi connectivity index (χ3n) is 3.85. The Kier molecular flexibility index (Phi) is 4.32. The lowest BCUT2D eigenvalue weighted by Crippen LogP contribution is -2.45. The molecule has 1 N–H and O–H groups in total. The molecule has 2 heterocycles. The predicted octanol–water partition coefficient (Wildman–Crippen LogP) is 0.106. The molecular weight excluding hydrogens is 272 g/mol. The summed E-state index contributed by atoms with van der Waals surface area (Å²) in [6.45, 7) is 6.86. The van der Waals surface area contributed by atoms with Gasteiger partial charge in [-0.05, 0) is 20.9 Å². The van der Waals surface area contributed by atoms with Gasteiger partial charge in [0.1, 0.15) is 0 Å². The molecule has 1 aromatic rings. The molecule has 0 unspecified atom stereocenters. The van der Waals surface area contributed by atoms with Crippen LogP contribution in [0.2, 0.25) is 0 Å². The zero-order valence-corrected chi connectivity index (χ0v) is 12.7. The number of carbonyl (C=O) groups is 1. The Morgan fingerprint density at radius 2 is 1.95 bits per heavy atom. The van der Waals surface area contributed by atoms with Crippen molar-refractivity contribution >= 4 is 11.7 Å². The van der Waals surface area contributed by atoms with Gasteiger partial charge in [0.05, 0.1) is 23.8 Å². The highest BCUT2D eigenvalue weighted by Gasteiger charge is 2.28. The summed E-state index contributed by atoms with van der Waals surface area (Å²) in [4.78, 5) is 27.6. The van der Waals surface area contributed by atoms with Gasteiger partial charge in [0.2, 0.25) is 0 Å². The molecular formula is C14H22N4O3. The molecule has 2 rings (SSSR count). The summed E-state index contributed by atoms with van der Waals surface area (Å²) in [6.07, 6.45) is 1.64. The zero-order chi connectivity index (χ0) is 15.6. The molecule has 7 heteroatoms. The van der Waals surface area contributed by atoms with E-state index in [2.05, 4.69) is 21.9 Å². The fraction of sp³-hybridized carbons (Fsp3) is 0.643. The Labute approximate surface area is 123 Å². The van der Waals surface area contributed by atoms with Crippen molar-refractivity contribution in [3.63, 3.8) is 0 Å². The van der Waals surface area contributed by atoms with Crippen LogP contribution in [0.1, 0.15) is 13.8 Å². The first-order valence-electron chi connectivity index (χ1n) is 7.04. The van der Waals surface area contributed by atoms with E-state index in [0.29, 0.717) is 0 Å². The summed E-state index contributed by atoms with van der Waals surface area (Å²) in [5, 5.41) is 13.2. The summed E-state index contributed by atoms with van der Waals surface area (Å²) in [5.41, 5.74) is -0.482. The van der Waals surface area contributed by atoms with Gasteiger partial charge in [0.25, 0.3) is 5.56 Å². The number of hydrogen-bond donors (Lipinski definition) is 1. The Bertz CT molecular complexity index is 574. The summed E-state index contributed by atoms with van der Waals surface area (Å²) in [7, 11) is 2.07. The van der Waals surface area contributed by atoms with Gasteiger partial charge < -0.3 is 14.9 Å². The monoisotopic (exact) mass is 294 g/mol. The molecule has 0 atom stereocenters. The molecule has 0 radical (unpaired) electrons. The molecule has 0 aromatic carbocycles. The molecule has 0 aliphatic carbocycles. The van der Waals surface area contributed by atoms with Crippen molar-refractivity contribution in [3.05, 3.63) is 22.6 Å². The Morgan fingerprint density at radius 1 is 1.33 bits per heavy atom. The van der Waals surface area contributed by atoms with Gasteiger partial charge in [0, 0.05) is 32.2 Å². The van der Waals surface area contributed by atoms with Gasteiger partial charge in [-0.1, -0.05) is 0 Å². The maximum absolute atomic E-state index is 12.1. The van der Waals surface area contributed by atoms with Crippen LogP contribution in [0.5, 0.6) is 0 Å². The highest BCUT2D eigenvalue weighted by Crippen LogP contribution is 2.17. The molecule has 1 aromatic heterocycles. The van der Waals surface area contributed by atoms with Crippen LogP contribution in [-0.4, -0.2) is 59.0 Å². The van der Waals surface area contributed by atoms with Gasteiger partial charge in [-0.25, -0.2) is 4.68 Å². The number of rotatable bonds is 4. The fourth-order valence-electron chi connectivity index (χ4n) is 2.22. The van der Waals surface area contributed by atoms with Crippen LogP contribution in [-0.2, 0) is 11.3 Å². The van der Waals surface area contributed by atoms with E-state index in [0.717, 1.165) is 31.9 Å². The normalized spacial score (nSPS) is 17.0. The second kappa shape index (κ2) is 5.85. The van der Waals surface area contributed by atoms with E-state index in [9.17, 15) is 9.59 Å². The quantitative estimate of drug-likeness (QED) is 0.849. The van der Waals surface area contributed by atoms with Crippen LogP contribution in [0.25, 0.3) is 0 Å². The van der Waals surface area contributed by atoms with Crippen molar-refractivity contribution < 1.29 is 9.90 Å². The highest BCUT2D eigenvalue weighted by molar-refractivity contribution is 5.73. The molecule has 21 heavy (non-hydrogen) atoms. The van der Waals surface area contributed by atoms with Gasteiger partial charge >= 0.3 is 5.97 Å². The second-order valence-corrected chi connectivity index (χ2v) is 6.19. The molecule has 0 amide bonds. The van der Waals surface area contributed by atoms with Crippen molar-refractivity contribution in [2.45, 2.75) is 20.4 Å². The molecule has 1 fully saturated rings. The summed E-state index contributed by atoms with van der Waals surface area (Å²) >= 11 is 0. The van der Waals surface area contributed by atoms with Crippen molar-refractivity contribution in [3.8, 4) is 0 Å². The van der Waals surface area contributed by atoms with Crippen LogP contribution >= 0.6 is 0 Å².